The second kappa shape index (κ2) is 9.92. The van der Waals surface area contributed by atoms with E-state index < -0.39 is 6.61 Å². The molecule has 0 heterocycles. The van der Waals surface area contributed by atoms with Crippen LogP contribution in [0.3, 0.4) is 0 Å². The molecule has 0 saturated heterocycles. The smallest absolute Gasteiger partial charge is 0.387 e. The van der Waals surface area contributed by atoms with Crippen molar-refractivity contribution in [1.82, 2.24) is 0 Å². The molecule has 0 atom stereocenters. The third-order valence-electron chi connectivity index (χ3n) is 4.52. The molecular formula is C24H23ClF2O3. The first-order chi connectivity index (χ1) is 14.3. The zero-order chi connectivity index (χ0) is 21.6. The van der Waals surface area contributed by atoms with Crippen molar-refractivity contribution < 1.29 is 23.0 Å². The van der Waals surface area contributed by atoms with E-state index in [1.54, 1.807) is 36.4 Å². The molecule has 0 spiro atoms. The van der Waals surface area contributed by atoms with E-state index in [1.807, 2.05) is 50.2 Å². The molecule has 3 rings (SSSR count). The Morgan fingerprint density at radius 2 is 1.53 bits per heavy atom. The molecule has 0 N–H and O–H groups in total. The van der Waals surface area contributed by atoms with Gasteiger partial charge < -0.3 is 14.2 Å². The number of rotatable bonds is 9. The highest BCUT2D eigenvalue weighted by atomic mass is 35.5. The van der Waals surface area contributed by atoms with Crippen LogP contribution < -0.4 is 9.47 Å². The van der Waals surface area contributed by atoms with Crippen molar-refractivity contribution in [1.29, 1.82) is 0 Å². The van der Waals surface area contributed by atoms with Crippen molar-refractivity contribution >= 4 is 11.6 Å². The Kier molecular flexibility index (Phi) is 7.29. The molecule has 3 nitrogen and oxygen atoms in total. The Bertz CT molecular complexity index is 959. The van der Waals surface area contributed by atoms with Crippen LogP contribution in [0.2, 0.25) is 5.02 Å². The van der Waals surface area contributed by atoms with Crippen LogP contribution in [-0.2, 0) is 16.8 Å². The topological polar surface area (TPSA) is 27.7 Å². The van der Waals surface area contributed by atoms with Gasteiger partial charge in [0.25, 0.3) is 0 Å². The molecule has 0 radical (unpaired) electrons. The van der Waals surface area contributed by atoms with Crippen molar-refractivity contribution in [3.63, 3.8) is 0 Å². The molecule has 0 bridgehead atoms. The van der Waals surface area contributed by atoms with Gasteiger partial charge in [-0.05, 0) is 53.6 Å². The van der Waals surface area contributed by atoms with Gasteiger partial charge in [-0.25, -0.2) is 0 Å². The van der Waals surface area contributed by atoms with Crippen LogP contribution >= 0.6 is 11.6 Å². The number of ether oxygens (including phenoxy) is 3. The molecule has 0 aromatic heterocycles. The molecule has 0 saturated carbocycles. The quantitative estimate of drug-likeness (QED) is 0.357. The summed E-state index contributed by atoms with van der Waals surface area (Å²) in [5.74, 6) is 1.51. The molecule has 6 heteroatoms. The van der Waals surface area contributed by atoms with Gasteiger partial charge in [0.1, 0.15) is 17.2 Å². The lowest BCUT2D eigenvalue weighted by Gasteiger charge is -2.25. The summed E-state index contributed by atoms with van der Waals surface area (Å²) in [4.78, 5) is 0. The summed E-state index contributed by atoms with van der Waals surface area (Å²) in [6, 6.07) is 21.5. The fourth-order valence-corrected chi connectivity index (χ4v) is 3.14. The van der Waals surface area contributed by atoms with Crippen LogP contribution in [0.15, 0.2) is 72.8 Å². The van der Waals surface area contributed by atoms with Crippen LogP contribution in [0.5, 0.6) is 17.2 Å². The van der Waals surface area contributed by atoms with Crippen molar-refractivity contribution in [2.24, 2.45) is 0 Å². The summed E-state index contributed by atoms with van der Waals surface area (Å²) in [5, 5.41) is 0.614. The van der Waals surface area contributed by atoms with Gasteiger partial charge in [-0.15, -0.1) is 0 Å². The second-order valence-corrected chi connectivity index (χ2v) is 7.92. The molecule has 0 aliphatic rings. The van der Waals surface area contributed by atoms with Crippen molar-refractivity contribution in [2.75, 3.05) is 6.61 Å². The Morgan fingerprint density at radius 3 is 2.20 bits per heavy atom. The van der Waals surface area contributed by atoms with Crippen molar-refractivity contribution in [3.05, 3.63) is 88.9 Å². The first kappa shape index (κ1) is 22.1. The second-order valence-electron chi connectivity index (χ2n) is 7.49. The summed E-state index contributed by atoms with van der Waals surface area (Å²) in [5.41, 5.74) is 1.66. The van der Waals surface area contributed by atoms with Crippen molar-refractivity contribution in [2.45, 2.75) is 32.5 Å². The minimum Gasteiger partial charge on any atom is -0.457 e. The molecule has 0 aliphatic carbocycles. The number of halogens is 3. The zero-order valence-electron chi connectivity index (χ0n) is 16.8. The van der Waals surface area contributed by atoms with Crippen molar-refractivity contribution in [3.8, 4) is 17.2 Å². The van der Waals surface area contributed by atoms with Gasteiger partial charge in [0, 0.05) is 10.4 Å². The van der Waals surface area contributed by atoms with E-state index in [0.717, 1.165) is 11.1 Å². The average Bonchev–Trinajstić information content (AvgIpc) is 2.68. The molecule has 3 aromatic rings. The first-order valence-corrected chi connectivity index (χ1v) is 9.85. The van der Waals surface area contributed by atoms with Crippen LogP contribution in [-0.4, -0.2) is 13.2 Å². The van der Waals surface area contributed by atoms with Gasteiger partial charge in [0.2, 0.25) is 0 Å². The van der Waals surface area contributed by atoms with Gasteiger partial charge >= 0.3 is 6.61 Å². The Morgan fingerprint density at radius 1 is 0.867 bits per heavy atom. The lowest BCUT2D eigenvalue weighted by atomic mass is 9.85. The van der Waals surface area contributed by atoms with Crippen LogP contribution in [0.25, 0.3) is 0 Å². The van der Waals surface area contributed by atoms with Crippen LogP contribution in [0.4, 0.5) is 8.78 Å². The van der Waals surface area contributed by atoms with E-state index in [0.29, 0.717) is 29.7 Å². The minimum absolute atomic E-state index is 0.141. The van der Waals surface area contributed by atoms with E-state index in [9.17, 15) is 8.78 Å². The molecule has 0 aliphatic heterocycles. The van der Waals surface area contributed by atoms with E-state index in [1.165, 1.54) is 0 Å². The first-order valence-electron chi connectivity index (χ1n) is 9.47. The third kappa shape index (κ3) is 6.44. The molecule has 0 amide bonds. The standard InChI is InChI=1S/C24H23ClF2O3/c1-24(2,18-9-11-20(12-10-18)30-23(26)27)16-28-15-17-5-3-7-21(13-17)29-22-8-4-6-19(25)14-22/h3-14,23H,15-16H2,1-2H3. The monoisotopic (exact) mass is 432 g/mol. The number of alkyl halides is 2. The molecular weight excluding hydrogens is 410 g/mol. The highest BCUT2D eigenvalue weighted by Crippen LogP contribution is 2.28. The fraction of sp³-hybridized carbons (Fsp3) is 0.250. The highest BCUT2D eigenvalue weighted by molar-refractivity contribution is 6.30. The Balaban J connectivity index is 1.56. The normalized spacial score (nSPS) is 11.5. The minimum atomic E-state index is -2.83. The fourth-order valence-electron chi connectivity index (χ4n) is 2.96. The average molecular weight is 433 g/mol. The maximum Gasteiger partial charge on any atom is 0.387 e. The number of hydrogen-bond acceptors (Lipinski definition) is 3. The molecule has 0 unspecified atom stereocenters. The highest BCUT2D eigenvalue weighted by Gasteiger charge is 2.21. The largest absolute Gasteiger partial charge is 0.457 e. The molecule has 158 valence electrons. The van der Waals surface area contributed by atoms with E-state index >= 15 is 0 Å². The third-order valence-corrected chi connectivity index (χ3v) is 4.76. The number of benzene rings is 3. The van der Waals surface area contributed by atoms with E-state index in [4.69, 9.17) is 21.1 Å². The molecule has 0 fully saturated rings. The Labute approximate surface area is 180 Å². The molecule has 3 aromatic carbocycles. The zero-order valence-corrected chi connectivity index (χ0v) is 17.5. The summed E-state index contributed by atoms with van der Waals surface area (Å²) < 4.78 is 40.8. The van der Waals surface area contributed by atoms with Crippen LogP contribution in [0, 0.1) is 0 Å². The maximum absolute atomic E-state index is 12.3. The predicted octanol–water partition coefficient (Wildman–Crippen LogP) is 7.23. The lowest BCUT2D eigenvalue weighted by Crippen LogP contribution is -2.24. The van der Waals surface area contributed by atoms with Gasteiger partial charge in [0.15, 0.2) is 0 Å². The van der Waals surface area contributed by atoms with Crippen LogP contribution in [0.1, 0.15) is 25.0 Å². The van der Waals surface area contributed by atoms with Gasteiger partial charge in [0.05, 0.1) is 13.2 Å². The van der Waals surface area contributed by atoms with Gasteiger partial charge in [-0.2, -0.15) is 8.78 Å². The number of hydrogen-bond donors (Lipinski definition) is 0. The summed E-state index contributed by atoms with van der Waals surface area (Å²) in [6.45, 7) is 2.12. The van der Waals surface area contributed by atoms with E-state index in [-0.39, 0.29) is 11.2 Å². The van der Waals surface area contributed by atoms with Gasteiger partial charge in [-0.1, -0.05) is 55.8 Å². The van der Waals surface area contributed by atoms with Gasteiger partial charge in [-0.3, -0.25) is 0 Å². The molecule has 30 heavy (non-hydrogen) atoms. The SMILES string of the molecule is CC(C)(COCc1cccc(Oc2cccc(Cl)c2)c1)c1ccc(OC(F)F)cc1. The van der Waals surface area contributed by atoms with E-state index in [2.05, 4.69) is 4.74 Å². The Hall–Kier alpha value is -2.63. The predicted molar refractivity (Wildman–Crippen MR) is 114 cm³/mol. The lowest BCUT2D eigenvalue weighted by molar-refractivity contribution is -0.0498. The summed E-state index contributed by atoms with van der Waals surface area (Å²) >= 11 is 5.99. The summed E-state index contributed by atoms with van der Waals surface area (Å²) in [6.07, 6.45) is 0. The maximum atomic E-state index is 12.3. The summed E-state index contributed by atoms with van der Waals surface area (Å²) in [7, 11) is 0.